The maximum atomic E-state index is 11.9. The van der Waals surface area contributed by atoms with Crippen molar-refractivity contribution in [2.75, 3.05) is 39.6 Å². The second kappa shape index (κ2) is 13.6. The highest BCUT2D eigenvalue weighted by atomic mass is 35.5. The minimum atomic E-state index is -1.19. The molecule has 0 radical (unpaired) electrons. The van der Waals surface area contributed by atoms with Gasteiger partial charge in [-0.05, 0) is 13.8 Å². The summed E-state index contributed by atoms with van der Waals surface area (Å²) >= 11 is 20.4. The van der Waals surface area contributed by atoms with E-state index in [2.05, 4.69) is 18.9 Å². The summed E-state index contributed by atoms with van der Waals surface area (Å²) in [5, 5.41) is 0. The van der Waals surface area contributed by atoms with Gasteiger partial charge in [0.1, 0.15) is 39.6 Å². The summed E-state index contributed by atoms with van der Waals surface area (Å²) in [6.45, 7) is 0.551. The predicted octanol–water partition coefficient (Wildman–Crippen LogP) is 4.65. The van der Waals surface area contributed by atoms with Crippen LogP contribution in [0.25, 0.3) is 0 Å². The van der Waals surface area contributed by atoms with Crippen molar-refractivity contribution in [1.29, 1.82) is 0 Å². The van der Waals surface area contributed by atoms with Crippen molar-refractivity contribution in [2.24, 2.45) is 10.8 Å². The fraction of sp³-hybridized carbons (Fsp3) is 0.667. The van der Waals surface area contributed by atoms with Gasteiger partial charge in [0.05, 0.1) is 10.8 Å². The summed E-state index contributed by atoms with van der Waals surface area (Å²) in [5.74, 6) is 0. The van der Waals surface area contributed by atoms with Gasteiger partial charge in [-0.15, -0.1) is 0 Å². The SMILES string of the molecule is CC(COC(=O)Cl)(COC(=O)Cl)COC(=O)OCC(C)(COC(=O)Cl)COC(=O)Cl. The second-order valence-corrected chi connectivity index (χ2v) is 7.79. The first-order valence-electron chi connectivity index (χ1n) is 7.85. The Morgan fingerprint density at radius 3 is 0.900 bits per heavy atom. The molecule has 15 heteroatoms. The molecule has 0 amide bonds. The number of ether oxygens (including phenoxy) is 6. The smallest absolute Gasteiger partial charge is 0.453 e. The first-order chi connectivity index (χ1) is 13.8. The minimum absolute atomic E-state index is 0.373. The third-order valence-corrected chi connectivity index (χ3v) is 3.65. The van der Waals surface area contributed by atoms with E-state index in [0.29, 0.717) is 0 Å². The van der Waals surface area contributed by atoms with E-state index in [1.165, 1.54) is 13.8 Å². The standard InChI is InChI=1S/C15H18Cl4O11/c1-14(3-25-9(16)20,4-26-10(17)21)7-29-13(24)30-8-15(2,5-27-11(18)22)6-28-12(19)23/h3-8H2,1-2H3. The molecule has 0 aromatic heterocycles. The minimum Gasteiger partial charge on any atom is -0.453 e. The molecule has 0 N–H and O–H groups in total. The monoisotopic (exact) mass is 514 g/mol. The molecule has 0 spiro atoms. The Kier molecular flexibility index (Phi) is 12.8. The van der Waals surface area contributed by atoms with E-state index in [1.807, 2.05) is 0 Å². The molecule has 0 bridgehead atoms. The van der Waals surface area contributed by atoms with Crippen LogP contribution < -0.4 is 0 Å². The molecule has 0 aliphatic carbocycles. The lowest BCUT2D eigenvalue weighted by Crippen LogP contribution is -2.38. The maximum absolute atomic E-state index is 11.9. The summed E-state index contributed by atoms with van der Waals surface area (Å²) in [5.41, 5.74) is -6.89. The third kappa shape index (κ3) is 14.3. The molecule has 30 heavy (non-hydrogen) atoms. The molecule has 0 aliphatic rings. The first kappa shape index (κ1) is 28.3. The number of hydrogen-bond donors (Lipinski definition) is 0. The van der Waals surface area contributed by atoms with E-state index < -0.39 is 51.9 Å². The Hall–Kier alpha value is -1.69. The molecule has 0 aromatic carbocycles. The molecule has 172 valence electrons. The van der Waals surface area contributed by atoms with Crippen molar-refractivity contribution in [3.05, 3.63) is 0 Å². The van der Waals surface area contributed by atoms with Gasteiger partial charge in [0.25, 0.3) is 0 Å². The van der Waals surface area contributed by atoms with Crippen LogP contribution in [0, 0.1) is 10.8 Å². The van der Waals surface area contributed by atoms with Gasteiger partial charge >= 0.3 is 27.9 Å². The zero-order valence-electron chi connectivity index (χ0n) is 15.7. The fourth-order valence-corrected chi connectivity index (χ4v) is 1.90. The maximum Gasteiger partial charge on any atom is 0.508 e. The van der Waals surface area contributed by atoms with Gasteiger partial charge in [-0.25, -0.2) is 24.0 Å². The van der Waals surface area contributed by atoms with Crippen LogP contribution in [0.2, 0.25) is 0 Å². The lowest BCUT2D eigenvalue weighted by atomic mass is 9.94. The molecule has 0 atom stereocenters. The highest BCUT2D eigenvalue weighted by Gasteiger charge is 2.33. The molecule has 0 heterocycles. The van der Waals surface area contributed by atoms with Crippen molar-refractivity contribution in [3.63, 3.8) is 0 Å². The molecule has 0 unspecified atom stereocenters. The molecule has 0 rings (SSSR count). The molecule has 0 aliphatic heterocycles. The summed E-state index contributed by atoms with van der Waals surface area (Å²) < 4.78 is 28.4. The van der Waals surface area contributed by atoms with Crippen LogP contribution in [0.3, 0.4) is 0 Å². The van der Waals surface area contributed by atoms with E-state index in [4.69, 9.17) is 55.9 Å². The molecular formula is C15H18Cl4O11. The van der Waals surface area contributed by atoms with Crippen molar-refractivity contribution < 1.29 is 52.4 Å². The van der Waals surface area contributed by atoms with Crippen molar-refractivity contribution in [2.45, 2.75) is 13.8 Å². The van der Waals surface area contributed by atoms with Crippen molar-refractivity contribution in [3.8, 4) is 0 Å². The van der Waals surface area contributed by atoms with E-state index in [1.54, 1.807) is 0 Å². The zero-order chi connectivity index (χ0) is 23.4. The lowest BCUT2D eigenvalue weighted by Gasteiger charge is -2.28. The Labute approximate surface area is 191 Å². The molecule has 0 fully saturated rings. The van der Waals surface area contributed by atoms with E-state index in [9.17, 15) is 24.0 Å². The molecule has 0 saturated heterocycles. The molecule has 11 nitrogen and oxygen atoms in total. The second-order valence-electron chi connectivity index (χ2n) is 6.55. The average molecular weight is 516 g/mol. The van der Waals surface area contributed by atoms with Crippen LogP contribution in [0.15, 0.2) is 0 Å². The molecular weight excluding hydrogens is 498 g/mol. The topological polar surface area (TPSA) is 141 Å². The van der Waals surface area contributed by atoms with Gasteiger partial charge in [-0.2, -0.15) is 0 Å². The first-order valence-corrected chi connectivity index (χ1v) is 9.37. The normalized spacial score (nSPS) is 11.1. The van der Waals surface area contributed by atoms with Gasteiger partial charge in [-0.3, -0.25) is 0 Å². The number of hydrogen-bond acceptors (Lipinski definition) is 11. The summed E-state index contributed by atoms with van der Waals surface area (Å²) in [6.07, 6.45) is -1.18. The third-order valence-electron chi connectivity index (χ3n) is 3.21. The Morgan fingerprint density at radius 1 is 0.500 bits per heavy atom. The predicted molar refractivity (Wildman–Crippen MR) is 102 cm³/mol. The fourth-order valence-electron chi connectivity index (χ4n) is 1.68. The van der Waals surface area contributed by atoms with Crippen LogP contribution in [0.4, 0.5) is 24.0 Å². The summed E-state index contributed by atoms with van der Waals surface area (Å²) in [4.78, 5) is 55.0. The number of carbonyl (C=O) groups excluding carboxylic acids is 5. The summed E-state index contributed by atoms with van der Waals surface area (Å²) in [6, 6.07) is 0. The molecule has 0 saturated carbocycles. The summed E-state index contributed by atoms with van der Waals surface area (Å²) in [7, 11) is 0. The highest BCUT2D eigenvalue weighted by molar-refractivity contribution is 6.61. The Balaban J connectivity index is 4.84. The van der Waals surface area contributed by atoms with Crippen LogP contribution >= 0.6 is 46.4 Å². The van der Waals surface area contributed by atoms with E-state index in [0.717, 1.165) is 0 Å². The van der Waals surface area contributed by atoms with Crippen molar-refractivity contribution in [1.82, 2.24) is 0 Å². The number of carbonyl (C=O) groups is 5. The Morgan fingerprint density at radius 2 is 0.700 bits per heavy atom. The largest absolute Gasteiger partial charge is 0.508 e. The van der Waals surface area contributed by atoms with Gasteiger partial charge in [0, 0.05) is 46.4 Å². The quantitative estimate of drug-likeness (QED) is 0.203. The Bertz CT molecular complexity index is 552. The van der Waals surface area contributed by atoms with Gasteiger partial charge in [0.2, 0.25) is 0 Å². The van der Waals surface area contributed by atoms with E-state index in [-0.39, 0.29) is 26.4 Å². The van der Waals surface area contributed by atoms with Crippen LogP contribution in [-0.4, -0.2) is 67.5 Å². The zero-order valence-corrected chi connectivity index (χ0v) is 18.8. The van der Waals surface area contributed by atoms with Gasteiger partial charge in [-0.1, -0.05) is 0 Å². The molecule has 0 aromatic rings. The average Bonchev–Trinajstić information content (AvgIpc) is 2.65. The highest BCUT2D eigenvalue weighted by Crippen LogP contribution is 2.22. The van der Waals surface area contributed by atoms with Crippen LogP contribution in [0.5, 0.6) is 0 Å². The number of halogens is 4. The van der Waals surface area contributed by atoms with Crippen molar-refractivity contribution >= 4 is 74.3 Å². The number of rotatable bonds is 12. The lowest BCUT2D eigenvalue weighted by molar-refractivity contribution is -0.0408. The van der Waals surface area contributed by atoms with Crippen LogP contribution in [0.1, 0.15) is 13.8 Å². The van der Waals surface area contributed by atoms with E-state index >= 15 is 0 Å². The van der Waals surface area contributed by atoms with Crippen LogP contribution in [-0.2, 0) is 28.4 Å². The van der Waals surface area contributed by atoms with Gasteiger partial charge in [0.15, 0.2) is 0 Å². The van der Waals surface area contributed by atoms with Gasteiger partial charge < -0.3 is 28.4 Å².